The van der Waals surface area contributed by atoms with E-state index >= 15 is 0 Å². The lowest BCUT2D eigenvalue weighted by molar-refractivity contribution is -0.172. The molecule has 0 amide bonds. The number of ether oxygens (including phenoxy) is 3. The van der Waals surface area contributed by atoms with Gasteiger partial charge in [-0.15, -0.1) is 0 Å². The van der Waals surface area contributed by atoms with Crippen LogP contribution in [0.5, 0.6) is 0 Å². The van der Waals surface area contributed by atoms with E-state index in [0.29, 0.717) is 19.6 Å². The maximum Gasteiger partial charge on any atom is 0.334 e. The summed E-state index contributed by atoms with van der Waals surface area (Å²) in [6, 6.07) is 0. The summed E-state index contributed by atoms with van der Waals surface area (Å²) in [6.45, 7) is 6.57. The number of cyclic esters (lactones) is 2. The van der Waals surface area contributed by atoms with E-state index in [9.17, 15) is 14.4 Å². The molecule has 4 aliphatic rings. The molecule has 152 valence electrons. The highest BCUT2D eigenvalue weighted by atomic mass is 16.6. The fraction of sp³-hybridized carbons (Fsp3) is 0.682. The smallest absolute Gasteiger partial charge is 0.334 e. The Balaban J connectivity index is 1.69. The van der Waals surface area contributed by atoms with Crippen molar-refractivity contribution in [3.05, 3.63) is 23.3 Å². The van der Waals surface area contributed by atoms with Crippen LogP contribution in [0.3, 0.4) is 0 Å². The van der Waals surface area contributed by atoms with Crippen LogP contribution in [0.2, 0.25) is 0 Å². The van der Waals surface area contributed by atoms with Crippen molar-refractivity contribution in [1.29, 1.82) is 0 Å². The van der Waals surface area contributed by atoms with E-state index in [2.05, 4.69) is 13.8 Å². The molecule has 28 heavy (non-hydrogen) atoms. The van der Waals surface area contributed by atoms with E-state index in [0.717, 1.165) is 36.8 Å². The summed E-state index contributed by atoms with van der Waals surface area (Å²) in [6.07, 6.45) is 7.45. The summed E-state index contributed by atoms with van der Waals surface area (Å²) >= 11 is 0. The molecule has 6 heteroatoms. The first-order chi connectivity index (χ1) is 13.3. The standard InChI is InChI=1S/C22H28O6/c1-13-17(28-14(2)23)10-22-12-27-20(25)16(22)5-4-6-18(22)21(13,3)8-7-15-9-19(24)26-11-15/h5,9,13,17-18H,4,6-8,10-12H2,1-3H3/t13-,17-,18-,21+,22-/m1/s1. The van der Waals surface area contributed by atoms with Gasteiger partial charge in [-0.2, -0.15) is 0 Å². The van der Waals surface area contributed by atoms with E-state index < -0.39 is 0 Å². The Kier molecular flexibility index (Phi) is 4.63. The number of allylic oxidation sites excluding steroid dienone is 1. The predicted molar refractivity (Wildman–Crippen MR) is 99.9 cm³/mol. The molecule has 2 aliphatic heterocycles. The molecule has 0 bridgehead atoms. The highest BCUT2D eigenvalue weighted by molar-refractivity contribution is 5.92. The molecular formula is C22H28O6. The van der Waals surface area contributed by atoms with Gasteiger partial charge in [-0.25, -0.2) is 9.59 Å². The number of esters is 3. The van der Waals surface area contributed by atoms with Gasteiger partial charge in [0.15, 0.2) is 0 Å². The average molecular weight is 388 g/mol. The van der Waals surface area contributed by atoms with E-state index in [1.165, 1.54) is 6.92 Å². The van der Waals surface area contributed by atoms with Gasteiger partial charge in [0.1, 0.15) is 19.3 Å². The first-order valence-corrected chi connectivity index (χ1v) is 10.2. The molecule has 2 fully saturated rings. The van der Waals surface area contributed by atoms with Gasteiger partial charge in [0.25, 0.3) is 0 Å². The second-order valence-electron chi connectivity index (χ2n) is 9.04. The Labute approximate surface area is 165 Å². The minimum absolute atomic E-state index is 0.140. The van der Waals surface area contributed by atoms with Gasteiger partial charge >= 0.3 is 17.9 Å². The van der Waals surface area contributed by atoms with Crippen LogP contribution in [0.15, 0.2) is 23.3 Å². The van der Waals surface area contributed by atoms with Crippen LogP contribution in [-0.4, -0.2) is 37.2 Å². The lowest BCUT2D eigenvalue weighted by Crippen LogP contribution is -2.57. The van der Waals surface area contributed by atoms with Crippen LogP contribution in [0.4, 0.5) is 0 Å². The maximum absolute atomic E-state index is 12.4. The molecule has 0 aromatic heterocycles. The fourth-order valence-electron chi connectivity index (χ4n) is 6.10. The second kappa shape index (κ2) is 6.75. The van der Waals surface area contributed by atoms with Crippen LogP contribution in [-0.2, 0) is 28.6 Å². The van der Waals surface area contributed by atoms with Crippen molar-refractivity contribution in [1.82, 2.24) is 0 Å². The third-order valence-corrected chi connectivity index (χ3v) is 7.67. The van der Waals surface area contributed by atoms with Gasteiger partial charge in [0.2, 0.25) is 0 Å². The van der Waals surface area contributed by atoms with Gasteiger partial charge in [0, 0.05) is 24.0 Å². The van der Waals surface area contributed by atoms with E-state index in [1.807, 2.05) is 6.08 Å². The monoisotopic (exact) mass is 388 g/mol. The maximum atomic E-state index is 12.4. The van der Waals surface area contributed by atoms with Crippen molar-refractivity contribution in [2.45, 2.75) is 59.0 Å². The van der Waals surface area contributed by atoms with Crippen LogP contribution in [0.25, 0.3) is 0 Å². The molecule has 0 N–H and O–H groups in total. The van der Waals surface area contributed by atoms with Crippen LogP contribution >= 0.6 is 0 Å². The minimum Gasteiger partial charge on any atom is -0.462 e. The van der Waals surface area contributed by atoms with E-state index in [4.69, 9.17) is 14.2 Å². The normalized spacial score (nSPS) is 39.3. The zero-order valence-corrected chi connectivity index (χ0v) is 16.8. The molecule has 2 heterocycles. The topological polar surface area (TPSA) is 78.9 Å². The summed E-state index contributed by atoms with van der Waals surface area (Å²) in [5, 5.41) is 0. The Hall–Kier alpha value is -2.11. The fourth-order valence-corrected chi connectivity index (χ4v) is 6.10. The molecule has 0 aromatic carbocycles. The lowest BCUT2D eigenvalue weighted by atomic mass is 9.46. The number of hydrogen-bond acceptors (Lipinski definition) is 6. The average Bonchev–Trinajstić information content (AvgIpc) is 3.21. The number of carbonyl (C=O) groups excluding carboxylic acids is 3. The Bertz CT molecular complexity index is 780. The first kappa shape index (κ1) is 19.2. The quantitative estimate of drug-likeness (QED) is 0.544. The van der Waals surface area contributed by atoms with Crippen LogP contribution in [0, 0.1) is 22.7 Å². The minimum atomic E-state index is -0.382. The second-order valence-corrected chi connectivity index (χ2v) is 9.04. The number of rotatable bonds is 4. The molecule has 1 spiro atoms. The van der Waals surface area contributed by atoms with Crippen molar-refractivity contribution in [3.8, 4) is 0 Å². The van der Waals surface area contributed by atoms with E-state index in [1.54, 1.807) is 6.08 Å². The van der Waals surface area contributed by atoms with Gasteiger partial charge < -0.3 is 14.2 Å². The van der Waals surface area contributed by atoms with Crippen LogP contribution in [0.1, 0.15) is 52.9 Å². The van der Waals surface area contributed by atoms with Crippen LogP contribution < -0.4 is 0 Å². The molecule has 5 atom stereocenters. The summed E-state index contributed by atoms with van der Waals surface area (Å²) in [5.74, 6) is -0.379. The summed E-state index contributed by atoms with van der Waals surface area (Å²) in [7, 11) is 0. The Morgan fingerprint density at radius 1 is 1.32 bits per heavy atom. The largest absolute Gasteiger partial charge is 0.462 e. The van der Waals surface area contributed by atoms with Gasteiger partial charge in [0.05, 0.1) is 0 Å². The zero-order chi connectivity index (χ0) is 20.1. The summed E-state index contributed by atoms with van der Waals surface area (Å²) in [4.78, 5) is 35.6. The summed E-state index contributed by atoms with van der Waals surface area (Å²) in [5.41, 5.74) is 1.25. The van der Waals surface area contributed by atoms with E-state index in [-0.39, 0.29) is 46.7 Å². The number of carbonyl (C=O) groups is 3. The summed E-state index contributed by atoms with van der Waals surface area (Å²) < 4.78 is 16.3. The highest BCUT2D eigenvalue weighted by Gasteiger charge is 2.64. The molecule has 2 aliphatic carbocycles. The van der Waals surface area contributed by atoms with Gasteiger partial charge in [-0.05, 0) is 54.9 Å². The molecule has 0 aromatic rings. The Morgan fingerprint density at radius 2 is 2.11 bits per heavy atom. The molecule has 0 unspecified atom stereocenters. The molecule has 6 nitrogen and oxygen atoms in total. The van der Waals surface area contributed by atoms with Crippen molar-refractivity contribution in [2.75, 3.05) is 13.2 Å². The molecule has 1 saturated carbocycles. The zero-order valence-electron chi connectivity index (χ0n) is 16.8. The predicted octanol–water partition coefficient (Wildman–Crippen LogP) is 3.11. The first-order valence-electron chi connectivity index (χ1n) is 10.2. The molecule has 4 rings (SSSR count). The van der Waals surface area contributed by atoms with Crippen molar-refractivity contribution in [2.24, 2.45) is 22.7 Å². The third-order valence-electron chi connectivity index (χ3n) is 7.67. The number of hydrogen-bond donors (Lipinski definition) is 0. The lowest BCUT2D eigenvalue weighted by Gasteiger charge is -2.58. The molecule has 0 radical (unpaired) electrons. The highest BCUT2D eigenvalue weighted by Crippen LogP contribution is 2.64. The van der Waals surface area contributed by atoms with Gasteiger partial charge in [-0.1, -0.05) is 19.9 Å². The Morgan fingerprint density at radius 3 is 2.79 bits per heavy atom. The SMILES string of the molecule is CC(=O)O[C@@H]1C[C@@]23COC(=O)C2=CCC[C@@H]3[C@@](C)(CCC2=CC(=O)OC2)[C@@H]1C. The van der Waals surface area contributed by atoms with Crippen molar-refractivity contribution < 1.29 is 28.6 Å². The van der Waals surface area contributed by atoms with Crippen molar-refractivity contribution >= 4 is 17.9 Å². The van der Waals surface area contributed by atoms with Gasteiger partial charge in [-0.3, -0.25) is 4.79 Å². The van der Waals surface area contributed by atoms with Crippen molar-refractivity contribution in [3.63, 3.8) is 0 Å². The molecule has 1 saturated heterocycles. The molecular weight excluding hydrogens is 360 g/mol. The third kappa shape index (κ3) is 2.88.